The lowest BCUT2D eigenvalue weighted by molar-refractivity contribution is -0.140. The van der Waals surface area contributed by atoms with Crippen LogP contribution in [-0.2, 0) is 32.8 Å². The predicted molar refractivity (Wildman–Crippen MR) is 165 cm³/mol. The maximum atomic E-state index is 14.9. The summed E-state index contributed by atoms with van der Waals surface area (Å²) in [7, 11) is -1.74. The number of carbonyl (C=O) groups excluding carboxylic acids is 2. The number of nitrogens with one attached hydrogen (secondary N) is 1. The van der Waals surface area contributed by atoms with Crippen LogP contribution in [0.5, 0.6) is 0 Å². The molecule has 0 bridgehead atoms. The van der Waals surface area contributed by atoms with Crippen LogP contribution >= 0.6 is 23.2 Å². The third-order valence-corrected chi connectivity index (χ3v) is 8.99. The second-order valence-corrected chi connectivity index (χ2v) is 12.8. The number of amides is 2. The minimum atomic E-state index is -4.32. The van der Waals surface area contributed by atoms with E-state index in [0.29, 0.717) is 21.4 Å². The number of halogens is 3. The largest absolute Gasteiger partial charge is 0.354 e. The monoisotopic (exact) mass is 636 g/mol. The second-order valence-electron chi connectivity index (χ2n) is 9.86. The van der Waals surface area contributed by atoms with Gasteiger partial charge in [-0.3, -0.25) is 9.59 Å². The van der Waals surface area contributed by atoms with Crippen LogP contribution in [-0.4, -0.2) is 62.7 Å². The maximum absolute atomic E-state index is 14.9. The van der Waals surface area contributed by atoms with E-state index >= 15 is 0 Å². The molecule has 1 N–H and O–H groups in total. The van der Waals surface area contributed by atoms with Gasteiger partial charge in [0.15, 0.2) is 0 Å². The number of hydrogen-bond donors (Lipinski definition) is 1. The highest BCUT2D eigenvalue weighted by molar-refractivity contribution is 7.90. The molecule has 0 saturated heterocycles. The number of unbranched alkanes of at least 4 members (excludes halogenated alkanes) is 1. The molecule has 12 heteroatoms. The first-order chi connectivity index (χ1) is 19.9. The molecule has 0 aliphatic carbocycles. The molecular weight excluding hydrogens is 602 g/mol. The highest BCUT2D eigenvalue weighted by Gasteiger charge is 2.35. The topological polar surface area (TPSA) is 90.0 Å². The fraction of sp³-hybridized carbons (Fsp3) is 0.333. The first kappa shape index (κ1) is 33.3. The summed E-state index contributed by atoms with van der Waals surface area (Å²) in [5.41, 5.74) is 0.998. The Hall–Kier alpha value is -3.18. The van der Waals surface area contributed by atoms with Gasteiger partial charge in [0.05, 0.1) is 5.69 Å². The molecule has 0 fully saturated rings. The summed E-state index contributed by atoms with van der Waals surface area (Å²) in [5, 5.41) is 3.57. The van der Waals surface area contributed by atoms with Crippen molar-refractivity contribution in [2.24, 2.45) is 0 Å². The highest BCUT2D eigenvalue weighted by Crippen LogP contribution is 2.26. The van der Waals surface area contributed by atoms with Gasteiger partial charge in [-0.15, -0.1) is 0 Å². The molecule has 3 aromatic rings. The number of para-hydroxylation sites is 1. The minimum absolute atomic E-state index is 0.124. The van der Waals surface area contributed by atoms with E-state index in [9.17, 15) is 22.4 Å². The van der Waals surface area contributed by atoms with E-state index in [1.165, 1.54) is 43.3 Å². The Bertz CT molecular complexity index is 1480. The molecule has 0 aliphatic rings. The second kappa shape index (κ2) is 15.3. The standard InChI is InChI=1S/C30H35Cl2FN4O4S/c1-4-5-17-34-30(39)28(18-22-11-7-6-8-12-22)36(20-23-15-16-24(31)19-25(23)32)29(38)21-37(42(40,41)35(2)3)27-14-10-9-13-26(27)33/h6-16,19,28H,4-5,17-18,20-21H2,1-3H3,(H,34,39)/t28-/m0/s1. The van der Waals surface area contributed by atoms with E-state index < -0.39 is 40.4 Å². The molecular formula is C30H35Cl2FN4O4S. The molecule has 2 amide bonds. The minimum Gasteiger partial charge on any atom is -0.354 e. The van der Waals surface area contributed by atoms with Crippen molar-refractivity contribution in [2.45, 2.75) is 38.8 Å². The summed E-state index contributed by atoms with van der Waals surface area (Å²) < 4.78 is 43.2. The Morgan fingerprint density at radius 1 is 0.976 bits per heavy atom. The smallest absolute Gasteiger partial charge is 0.304 e. The molecule has 0 heterocycles. The molecule has 8 nitrogen and oxygen atoms in total. The fourth-order valence-corrected chi connectivity index (χ4v) is 5.78. The lowest BCUT2D eigenvalue weighted by Gasteiger charge is -2.34. The van der Waals surface area contributed by atoms with Gasteiger partial charge >= 0.3 is 10.2 Å². The first-order valence-electron chi connectivity index (χ1n) is 13.5. The van der Waals surface area contributed by atoms with E-state index in [-0.39, 0.29) is 23.7 Å². The van der Waals surface area contributed by atoms with Gasteiger partial charge in [-0.25, -0.2) is 8.70 Å². The molecule has 3 rings (SSSR count). The molecule has 1 atom stereocenters. The summed E-state index contributed by atoms with van der Waals surface area (Å²) in [6.07, 6.45) is 1.74. The van der Waals surface area contributed by atoms with Crippen molar-refractivity contribution in [3.05, 3.63) is 99.8 Å². The van der Waals surface area contributed by atoms with E-state index in [0.717, 1.165) is 28.8 Å². The molecule has 0 unspecified atom stereocenters. The van der Waals surface area contributed by atoms with Crippen LogP contribution in [0.25, 0.3) is 0 Å². The quantitative estimate of drug-likeness (QED) is 0.243. The van der Waals surface area contributed by atoms with Gasteiger partial charge in [-0.1, -0.05) is 85.1 Å². The number of rotatable bonds is 14. The SMILES string of the molecule is CCCCNC(=O)[C@H](Cc1ccccc1)N(Cc1ccc(Cl)cc1Cl)C(=O)CN(c1ccccc1F)S(=O)(=O)N(C)C. The van der Waals surface area contributed by atoms with Gasteiger partial charge in [0.25, 0.3) is 0 Å². The zero-order valence-electron chi connectivity index (χ0n) is 23.8. The molecule has 226 valence electrons. The molecule has 0 aliphatic heterocycles. The van der Waals surface area contributed by atoms with Crippen LogP contribution in [0.3, 0.4) is 0 Å². The molecule has 0 spiro atoms. The van der Waals surface area contributed by atoms with Gasteiger partial charge in [-0.2, -0.15) is 12.7 Å². The van der Waals surface area contributed by atoms with Crippen LogP contribution in [0.4, 0.5) is 10.1 Å². The van der Waals surface area contributed by atoms with Crippen molar-refractivity contribution < 1.29 is 22.4 Å². The lowest BCUT2D eigenvalue weighted by atomic mass is 10.0. The molecule has 0 aromatic heterocycles. The Morgan fingerprint density at radius 2 is 1.64 bits per heavy atom. The molecule has 0 saturated carbocycles. The Labute approximate surface area is 257 Å². The Balaban J connectivity index is 2.11. The van der Waals surface area contributed by atoms with Gasteiger partial charge in [0, 0.05) is 43.7 Å². The Morgan fingerprint density at radius 3 is 2.26 bits per heavy atom. The van der Waals surface area contributed by atoms with Crippen LogP contribution < -0.4 is 9.62 Å². The van der Waals surface area contributed by atoms with Crippen molar-refractivity contribution in [1.29, 1.82) is 0 Å². The predicted octanol–water partition coefficient (Wildman–Crippen LogP) is 5.30. The first-order valence-corrected chi connectivity index (χ1v) is 15.6. The van der Waals surface area contributed by atoms with Gasteiger partial charge in [0.1, 0.15) is 18.4 Å². The Kier molecular flexibility index (Phi) is 12.2. The molecule has 3 aromatic carbocycles. The van der Waals surface area contributed by atoms with Crippen LogP contribution in [0.15, 0.2) is 72.8 Å². The maximum Gasteiger partial charge on any atom is 0.304 e. The average Bonchev–Trinajstić information content (AvgIpc) is 2.95. The third kappa shape index (κ3) is 8.67. The number of anilines is 1. The van der Waals surface area contributed by atoms with Crippen molar-refractivity contribution in [3.8, 4) is 0 Å². The van der Waals surface area contributed by atoms with Gasteiger partial charge in [-0.05, 0) is 41.8 Å². The highest BCUT2D eigenvalue weighted by atomic mass is 35.5. The lowest BCUT2D eigenvalue weighted by Crippen LogP contribution is -2.54. The molecule has 42 heavy (non-hydrogen) atoms. The third-order valence-electron chi connectivity index (χ3n) is 6.60. The normalized spacial score (nSPS) is 12.2. The number of benzene rings is 3. The summed E-state index contributed by atoms with van der Waals surface area (Å²) in [5.74, 6) is -1.94. The zero-order valence-corrected chi connectivity index (χ0v) is 26.1. The van der Waals surface area contributed by atoms with Gasteiger partial charge < -0.3 is 10.2 Å². The number of hydrogen-bond acceptors (Lipinski definition) is 4. The van der Waals surface area contributed by atoms with E-state index in [4.69, 9.17) is 23.2 Å². The summed E-state index contributed by atoms with van der Waals surface area (Å²) >= 11 is 12.6. The van der Waals surface area contributed by atoms with Crippen molar-refractivity contribution >= 4 is 50.9 Å². The van der Waals surface area contributed by atoms with Crippen LogP contribution in [0.1, 0.15) is 30.9 Å². The summed E-state index contributed by atoms with van der Waals surface area (Å²) in [6.45, 7) is 1.51. The van der Waals surface area contributed by atoms with Crippen molar-refractivity contribution in [3.63, 3.8) is 0 Å². The van der Waals surface area contributed by atoms with Crippen molar-refractivity contribution in [2.75, 3.05) is 31.5 Å². The van der Waals surface area contributed by atoms with E-state index in [2.05, 4.69) is 5.32 Å². The fourth-order valence-electron chi connectivity index (χ4n) is 4.25. The zero-order chi connectivity index (χ0) is 30.9. The number of nitrogens with zero attached hydrogens (tertiary/aromatic N) is 3. The van der Waals surface area contributed by atoms with Crippen LogP contribution in [0, 0.1) is 5.82 Å². The van der Waals surface area contributed by atoms with Gasteiger partial charge in [0.2, 0.25) is 11.8 Å². The van der Waals surface area contributed by atoms with E-state index in [1.54, 1.807) is 12.1 Å². The van der Waals surface area contributed by atoms with E-state index in [1.807, 2.05) is 37.3 Å². The summed E-state index contributed by atoms with van der Waals surface area (Å²) in [4.78, 5) is 29.1. The molecule has 0 radical (unpaired) electrons. The average molecular weight is 638 g/mol. The van der Waals surface area contributed by atoms with Crippen LogP contribution in [0.2, 0.25) is 10.0 Å². The van der Waals surface area contributed by atoms with Crippen molar-refractivity contribution in [1.82, 2.24) is 14.5 Å². The summed E-state index contributed by atoms with van der Waals surface area (Å²) in [6, 6.07) is 18.2. The number of carbonyl (C=O) groups is 2.